The van der Waals surface area contributed by atoms with E-state index in [1.54, 1.807) is 18.2 Å². The molecule has 0 saturated heterocycles. The van der Waals surface area contributed by atoms with Crippen molar-refractivity contribution in [1.82, 2.24) is 5.32 Å². The van der Waals surface area contributed by atoms with Crippen LogP contribution in [0, 0.1) is 15.9 Å². The van der Waals surface area contributed by atoms with Gasteiger partial charge in [0.05, 0.1) is 11.0 Å². The number of hydrogen-bond acceptors (Lipinski definition) is 4. The van der Waals surface area contributed by atoms with Crippen LogP contribution >= 0.6 is 0 Å². The van der Waals surface area contributed by atoms with Crippen molar-refractivity contribution in [2.24, 2.45) is 0 Å². The standard InChI is InChI=1S/C15H15FN2O3/c16-13-5-2-4-12(8-13)15(19)10-17-9-11-3-1-6-14(7-11)18(20)21/h1-8,15,17,19H,9-10H2. The molecule has 1 unspecified atom stereocenters. The Kier molecular flexibility index (Phi) is 4.97. The van der Waals surface area contributed by atoms with Gasteiger partial charge in [-0.2, -0.15) is 0 Å². The van der Waals surface area contributed by atoms with Gasteiger partial charge in [-0.3, -0.25) is 10.1 Å². The maximum atomic E-state index is 13.0. The van der Waals surface area contributed by atoms with Gasteiger partial charge in [-0.25, -0.2) is 4.39 Å². The first-order chi connectivity index (χ1) is 10.1. The molecule has 0 fully saturated rings. The van der Waals surface area contributed by atoms with Crippen LogP contribution < -0.4 is 5.32 Å². The van der Waals surface area contributed by atoms with Crippen molar-refractivity contribution in [1.29, 1.82) is 0 Å². The molecule has 0 bridgehead atoms. The van der Waals surface area contributed by atoms with Crippen LogP contribution in [0.1, 0.15) is 17.2 Å². The third kappa shape index (κ3) is 4.34. The fourth-order valence-electron chi connectivity index (χ4n) is 1.96. The third-order valence-electron chi connectivity index (χ3n) is 3.02. The van der Waals surface area contributed by atoms with E-state index in [-0.39, 0.29) is 12.2 Å². The SMILES string of the molecule is O=[N+]([O-])c1cccc(CNCC(O)c2cccc(F)c2)c1. The Labute approximate surface area is 121 Å². The molecule has 110 valence electrons. The van der Waals surface area contributed by atoms with Gasteiger partial charge < -0.3 is 10.4 Å². The van der Waals surface area contributed by atoms with E-state index in [4.69, 9.17) is 0 Å². The summed E-state index contributed by atoms with van der Waals surface area (Å²) in [4.78, 5) is 10.2. The van der Waals surface area contributed by atoms with Crippen LogP contribution in [0.4, 0.5) is 10.1 Å². The Morgan fingerprint density at radius 2 is 2.00 bits per heavy atom. The summed E-state index contributed by atoms with van der Waals surface area (Å²) in [6, 6.07) is 12.0. The normalized spacial score (nSPS) is 12.1. The molecule has 0 spiro atoms. The van der Waals surface area contributed by atoms with Gasteiger partial charge in [0.1, 0.15) is 5.82 Å². The van der Waals surface area contributed by atoms with Gasteiger partial charge in [0, 0.05) is 25.2 Å². The second kappa shape index (κ2) is 6.92. The Morgan fingerprint density at radius 1 is 1.24 bits per heavy atom. The molecule has 21 heavy (non-hydrogen) atoms. The van der Waals surface area contributed by atoms with Crippen molar-refractivity contribution in [2.45, 2.75) is 12.6 Å². The topological polar surface area (TPSA) is 75.4 Å². The number of rotatable bonds is 6. The highest BCUT2D eigenvalue weighted by Gasteiger charge is 2.09. The lowest BCUT2D eigenvalue weighted by atomic mass is 10.1. The summed E-state index contributed by atoms with van der Waals surface area (Å²) in [5.41, 5.74) is 1.26. The molecule has 1 atom stereocenters. The van der Waals surface area contributed by atoms with Crippen molar-refractivity contribution in [3.05, 3.63) is 75.6 Å². The maximum absolute atomic E-state index is 13.0. The predicted molar refractivity (Wildman–Crippen MR) is 76.2 cm³/mol. The van der Waals surface area contributed by atoms with Crippen LogP contribution in [0.2, 0.25) is 0 Å². The van der Waals surface area contributed by atoms with Crippen molar-refractivity contribution in [2.75, 3.05) is 6.54 Å². The van der Waals surface area contributed by atoms with Crippen LogP contribution in [-0.2, 0) is 6.54 Å². The van der Waals surface area contributed by atoms with Gasteiger partial charge in [-0.1, -0.05) is 24.3 Å². The number of non-ortho nitro benzene ring substituents is 1. The number of halogens is 1. The maximum Gasteiger partial charge on any atom is 0.269 e. The molecule has 2 rings (SSSR count). The number of aliphatic hydroxyl groups is 1. The summed E-state index contributed by atoms with van der Waals surface area (Å²) < 4.78 is 13.0. The summed E-state index contributed by atoms with van der Waals surface area (Å²) in [7, 11) is 0. The van der Waals surface area contributed by atoms with E-state index in [0.717, 1.165) is 5.56 Å². The van der Waals surface area contributed by atoms with Crippen molar-refractivity contribution >= 4 is 5.69 Å². The lowest BCUT2D eigenvalue weighted by Crippen LogP contribution is -2.21. The van der Waals surface area contributed by atoms with Gasteiger partial charge in [-0.05, 0) is 23.3 Å². The molecule has 0 saturated carbocycles. The minimum atomic E-state index is -0.834. The van der Waals surface area contributed by atoms with Crippen molar-refractivity contribution < 1.29 is 14.4 Å². The van der Waals surface area contributed by atoms with Crippen LogP contribution in [0.5, 0.6) is 0 Å². The highest BCUT2D eigenvalue weighted by atomic mass is 19.1. The molecule has 0 radical (unpaired) electrons. The highest BCUT2D eigenvalue weighted by molar-refractivity contribution is 5.34. The molecule has 0 heterocycles. The smallest absolute Gasteiger partial charge is 0.269 e. The zero-order valence-electron chi connectivity index (χ0n) is 11.2. The van der Waals surface area contributed by atoms with E-state index in [9.17, 15) is 19.6 Å². The molecule has 0 aliphatic heterocycles. The van der Waals surface area contributed by atoms with E-state index in [0.29, 0.717) is 12.1 Å². The fraction of sp³-hybridized carbons (Fsp3) is 0.200. The van der Waals surface area contributed by atoms with E-state index in [1.165, 1.54) is 30.3 Å². The molecular formula is C15H15FN2O3. The average Bonchev–Trinajstić information content (AvgIpc) is 2.47. The second-order valence-electron chi connectivity index (χ2n) is 4.63. The minimum Gasteiger partial charge on any atom is -0.387 e. The number of benzene rings is 2. The number of nitrogens with zero attached hydrogens (tertiary/aromatic N) is 1. The molecule has 0 aliphatic rings. The Morgan fingerprint density at radius 3 is 2.71 bits per heavy atom. The lowest BCUT2D eigenvalue weighted by molar-refractivity contribution is -0.384. The molecule has 2 aromatic rings. The van der Waals surface area contributed by atoms with Crippen LogP contribution in [-0.4, -0.2) is 16.6 Å². The van der Waals surface area contributed by atoms with Gasteiger partial charge in [0.25, 0.3) is 5.69 Å². The van der Waals surface area contributed by atoms with E-state index in [2.05, 4.69) is 5.32 Å². The molecule has 5 nitrogen and oxygen atoms in total. The Bertz CT molecular complexity index is 634. The lowest BCUT2D eigenvalue weighted by Gasteiger charge is -2.12. The van der Waals surface area contributed by atoms with Gasteiger partial charge in [0.2, 0.25) is 0 Å². The average molecular weight is 290 g/mol. The van der Waals surface area contributed by atoms with E-state index >= 15 is 0 Å². The van der Waals surface area contributed by atoms with Crippen LogP contribution in [0.3, 0.4) is 0 Å². The number of hydrogen-bond donors (Lipinski definition) is 2. The number of nitrogens with one attached hydrogen (secondary N) is 1. The first-order valence-electron chi connectivity index (χ1n) is 6.44. The fourth-order valence-corrected chi connectivity index (χ4v) is 1.96. The first kappa shape index (κ1) is 15.1. The molecule has 6 heteroatoms. The molecular weight excluding hydrogens is 275 g/mol. The summed E-state index contributed by atoms with van der Waals surface area (Å²) >= 11 is 0. The molecule has 2 N–H and O–H groups in total. The molecule has 0 amide bonds. The minimum absolute atomic E-state index is 0.0278. The zero-order chi connectivity index (χ0) is 15.2. The summed E-state index contributed by atoms with van der Waals surface area (Å²) in [6.07, 6.45) is -0.834. The summed E-state index contributed by atoms with van der Waals surface area (Å²) in [5, 5.41) is 23.6. The monoisotopic (exact) mass is 290 g/mol. The highest BCUT2D eigenvalue weighted by Crippen LogP contribution is 2.15. The Hall–Kier alpha value is -2.31. The molecule has 2 aromatic carbocycles. The van der Waals surface area contributed by atoms with Crippen LogP contribution in [0.15, 0.2) is 48.5 Å². The first-order valence-corrected chi connectivity index (χ1v) is 6.44. The van der Waals surface area contributed by atoms with Gasteiger partial charge >= 0.3 is 0 Å². The van der Waals surface area contributed by atoms with Gasteiger partial charge in [-0.15, -0.1) is 0 Å². The Balaban J connectivity index is 1.89. The van der Waals surface area contributed by atoms with Crippen molar-refractivity contribution in [3.63, 3.8) is 0 Å². The largest absolute Gasteiger partial charge is 0.387 e. The third-order valence-corrected chi connectivity index (χ3v) is 3.02. The summed E-state index contributed by atoms with van der Waals surface area (Å²) in [6.45, 7) is 0.611. The van der Waals surface area contributed by atoms with Crippen molar-refractivity contribution in [3.8, 4) is 0 Å². The number of nitro groups is 1. The van der Waals surface area contributed by atoms with E-state index in [1.807, 2.05) is 0 Å². The molecule has 0 aromatic heterocycles. The van der Waals surface area contributed by atoms with E-state index < -0.39 is 16.8 Å². The number of nitro benzene ring substituents is 1. The predicted octanol–water partition coefficient (Wildman–Crippen LogP) is 2.56. The second-order valence-corrected chi connectivity index (χ2v) is 4.63. The summed E-state index contributed by atoms with van der Waals surface area (Å²) in [5.74, 6) is -0.398. The van der Waals surface area contributed by atoms with Crippen LogP contribution in [0.25, 0.3) is 0 Å². The van der Waals surface area contributed by atoms with Gasteiger partial charge in [0.15, 0.2) is 0 Å². The molecule has 0 aliphatic carbocycles. The quantitative estimate of drug-likeness (QED) is 0.633. The zero-order valence-corrected chi connectivity index (χ0v) is 11.2. The number of aliphatic hydroxyl groups excluding tert-OH is 1.